The van der Waals surface area contributed by atoms with Crippen LogP contribution in [-0.2, 0) is 4.79 Å². The van der Waals surface area contributed by atoms with Crippen molar-refractivity contribution in [3.05, 3.63) is 30.3 Å². The highest BCUT2D eigenvalue weighted by Crippen LogP contribution is 2.16. The summed E-state index contributed by atoms with van der Waals surface area (Å²) >= 11 is 0. The number of nitrogens with one attached hydrogen (secondary N) is 1. The maximum absolute atomic E-state index is 11.9. The van der Waals surface area contributed by atoms with Crippen LogP contribution in [0.25, 0.3) is 0 Å². The van der Waals surface area contributed by atoms with Crippen LogP contribution < -0.4 is 10.1 Å². The Labute approximate surface area is 123 Å². The summed E-state index contributed by atoms with van der Waals surface area (Å²) in [5.41, 5.74) is 0. The Morgan fingerprint density at radius 3 is 2.81 bits per heavy atom. The Morgan fingerprint density at radius 2 is 2.10 bits per heavy atom. The minimum Gasteiger partial charge on any atom is -0.492 e. The van der Waals surface area contributed by atoms with E-state index < -0.39 is 11.9 Å². The normalized spacial score (nSPS) is 18.1. The molecule has 1 aromatic carbocycles. The summed E-state index contributed by atoms with van der Waals surface area (Å²) in [4.78, 5) is 24.5. The number of nitrogens with zero attached hydrogens (tertiary/aromatic N) is 1. The molecular weight excluding hydrogens is 272 g/mol. The monoisotopic (exact) mass is 292 g/mol. The maximum atomic E-state index is 11.9. The lowest BCUT2D eigenvalue weighted by molar-refractivity contribution is -0.143. The first kappa shape index (κ1) is 15.2. The Kier molecular flexibility index (Phi) is 5.43. The molecule has 1 saturated heterocycles. The molecular formula is C15H20N2O4. The highest BCUT2D eigenvalue weighted by atomic mass is 16.5. The fourth-order valence-corrected chi connectivity index (χ4v) is 2.32. The Hall–Kier alpha value is -2.24. The lowest BCUT2D eigenvalue weighted by atomic mass is 9.99. The smallest absolute Gasteiger partial charge is 0.317 e. The van der Waals surface area contributed by atoms with Crippen molar-refractivity contribution in [1.29, 1.82) is 0 Å². The van der Waals surface area contributed by atoms with Crippen LogP contribution >= 0.6 is 0 Å². The minimum absolute atomic E-state index is 0.224. The van der Waals surface area contributed by atoms with E-state index >= 15 is 0 Å². The van der Waals surface area contributed by atoms with Crippen molar-refractivity contribution >= 4 is 12.0 Å². The molecule has 6 nitrogen and oxygen atoms in total. The van der Waals surface area contributed by atoms with Gasteiger partial charge in [0.2, 0.25) is 0 Å². The van der Waals surface area contributed by atoms with Gasteiger partial charge >= 0.3 is 12.0 Å². The van der Waals surface area contributed by atoms with Crippen LogP contribution in [0, 0.1) is 5.92 Å². The standard InChI is InChI=1S/C15H20N2O4/c18-14(19)12-5-4-9-17(11-12)15(20)16-8-10-21-13-6-2-1-3-7-13/h1-3,6-7,12H,4-5,8-11H2,(H,16,20)(H,18,19)/t12-/m1/s1. The zero-order valence-corrected chi connectivity index (χ0v) is 11.8. The van der Waals surface area contributed by atoms with Crippen LogP contribution in [-0.4, -0.2) is 48.2 Å². The number of piperidine rings is 1. The first-order chi connectivity index (χ1) is 10.2. The minimum atomic E-state index is -0.833. The third-order valence-corrected chi connectivity index (χ3v) is 3.45. The lowest BCUT2D eigenvalue weighted by Crippen LogP contribution is -2.47. The summed E-state index contributed by atoms with van der Waals surface area (Å²) in [6.07, 6.45) is 1.36. The van der Waals surface area contributed by atoms with Crippen LogP contribution in [0.4, 0.5) is 4.79 Å². The van der Waals surface area contributed by atoms with E-state index in [1.54, 1.807) is 4.90 Å². The van der Waals surface area contributed by atoms with Gasteiger partial charge in [-0.1, -0.05) is 18.2 Å². The average molecular weight is 292 g/mol. The summed E-state index contributed by atoms with van der Waals surface area (Å²) in [7, 11) is 0. The summed E-state index contributed by atoms with van der Waals surface area (Å²) in [6.45, 7) is 1.66. The first-order valence-electron chi connectivity index (χ1n) is 7.10. The van der Waals surface area contributed by atoms with Crippen molar-refractivity contribution in [3.8, 4) is 5.75 Å². The predicted molar refractivity (Wildman–Crippen MR) is 77.3 cm³/mol. The molecule has 114 valence electrons. The van der Waals surface area contributed by atoms with Gasteiger partial charge in [-0.05, 0) is 25.0 Å². The lowest BCUT2D eigenvalue weighted by Gasteiger charge is -2.30. The maximum Gasteiger partial charge on any atom is 0.317 e. The molecule has 0 aliphatic carbocycles. The van der Waals surface area contributed by atoms with E-state index in [-0.39, 0.29) is 12.6 Å². The number of carbonyl (C=O) groups is 2. The van der Waals surface area contributed by atoms with Crippen LogP contribution in [0.1, 0.15) is 12.8 Å². The van der Waals surface area contributed by atoms with Crippen LogP contribution in [0.3, 0.4) is 0 Å². The molecule has 2 amide bonds. The van der Waals surface area contributed by atoms with Crippen molar-refractivity contribution in [2.24, 2.45) is 5.92 Å². The van der Waals surface area contributed by atoms with Crippen molar-refractivity contribution in [3.63, 3.8) is 0 Å². The number of aliphatic carboxylic acids is 1. The number of benzene rings is 1. The number of urea groups is 1. The zero-order valence-electron chi connectivity index (χ0n) is 11.8. The zero-order chi connectivity index (χ0) is 15.1. The highest BCUT2D eigenvalue weighted by Gasteiger charge is 2.27. The third-order valence-electron chi connectivity index (χ3n) is 3.45. The molecule has 0 spiro atoms. The molecule has 1 aliphatic rings. The molecule has 0 unspecified atom stereocenters. The number of hydrogen-bond donors (Lipinski definition) is 2. The van der Waals surface area contributed by atoms with E-state index in [4.69, 9.17) is 9.84 Å². The number of carboxylic acid groups (broad SMARTS) is 1. The first-order valence-corrected chi connectivity index (χ1v) is 7.10. The fraction of sp³-hybridized carbons (Fsp3) is 0.467. The van der Waals surface area contributed by atoms with E-state index in [1.807, 2.05) is 30.3 Å². The summed E-state index contributed by atoms with van der Waals surface area (Å²) in [5, 5.41) is 11.8. The summed E-state index contributed by atoms with van der Waals surface area (Å²) in [6, 6.07) is 9.15. The molecule has 1 fully saturated rings. The van der Waals surface area contributed by atoms with E-state index in [0.717, 1.165) is 12.2 Å². The number of amides is 2. The van der Waals surface area contributed by atoms with Crippen LogP contribution in [0.5, 0.6) is 5.75 Å². The summed E-state index contributed by atoms with van der Waals surface area (Å²) < 4.78 is 5.48. The number of ether oxygens (including phenoxy) is 1. The van der Waals surface area contributed by atoms with Crippen LogP contribution in [0.2, 0.25) is 0 Å². The molecule has 2 N–H and O–H groups in total. The van der Waals surface area contributed by atoms with Gasteiger partial charge in [0, 0.05) is 13.1 Å². The average Bonchev–Trinajstić information content (AvgIpc) is 2.52. The van der Waals surface area contributed by atoms with Gasteiger partial charge in [0.05, 0.1) is 12.5 Å². The summed E-state index contributed by atoms with van der Waals surface area (Å²) in [5.74, 6) is -0.527. The van der Waals surface area contributed by atoms with Gasteiger partial charge in [-0.25, -0.2) is 4.79 Å². The Balaban J connectivity index is 1.68. The van der Waals surface area contributed by atoms with Gasteiger partial charge in [-0.3, -0.25) is 4.79 Å². The third kappa shape index (κ3) is 4.66. The van der Waals surface area contributed by atoms with Crippen molar-refractivity contribution in [2.75, 3.05) is 26.2 Å². The van der Waals surface area contributed by atoms with Gasteiger partial charge in [-0.15, -0.1) is 0 Å². The number of para-hydroxylation sites is 1. The molecule has 1 aliphatic heterocycles. The molecule has 2 rings (SSSR count). The van der Waals surface area contributed by atoms with E-state index in [1.165, 1.54) is 0 Å². The van der Waals surface area contributed by atoms with Crippen molar-refractivity contribution in [2.45, 2.75) is 12.8 Å². The van der Waals surface area contributed by atoms with Gasteiger partial charge in [-0.2, -0.15) is 0 Å². The molecule has 1 atom stereocenters. The van der Waals surface area contributed by atoms with Crippen molar-refractivity contribution < 1.29 is 19.4 Å². The molecule has 0 bridgehead atoms. The molecule has 0 aromatic heterocycles. The van der Waals surface area contributed by atoms with Gasteiger partial charge < -0.3 is 20.1 Å². The van der Waals surface area contributed by atoms with E-state index in [2.05, 4.69) is 5.32 Å². The number of carboxylic acids is 1. The quantitative estimate of drug-likeness (QED) is 0.807. The van der Waals surface area contributed by atoms with Gasteiger partial charge in [0.25, 0.3) is 0 Å². The number of carbonyl (C=O) groups excluding carboxylic acids is 1. The molecule has 6 heteroatoms. The Morgan fingerprint density at radius 1 is 1.33 bits per heavy atom. The second-order valence-electron chi connectivity index (χ2n) is 5.02. The highest BCUT2D eigenvalue weighted by molar-refractivity contribution is 5.76. The van der Waals surface area contributed by atoms with Crippen LogP contribution in [0.15, 0.2) is 30.3 Å². The van der Waals surface area contributed by atoms with Gasteiger partial charge in [0.1, 0.15) is 12.4 Å². The Bertz CT molecular complexity index is 478. The van der Waals surface area contributed by atoms with E-state index in [9.17, 15) is 9.59 Å². The number of likely N-dealkylation sites (tertiary alicyclic amines) is 1. The molecule has 1 heterocycles. The van der Waals surface area contributed by atoms with Gasteiger partial charge in [0.15, 0.2) is 0 Å². The fourth-order valence-electron chi connectivity index (χ4n) is 2.32. The SMILES string of the molecule is O=C(O)[C@@H]1CCCN(C(=O)NCCOc2ccccc2)C1. The molecule has 1 aromatic rings. The molecule has 0 radical (unpaired) electrons. The largest absolute Gasteiger partial charge is 0.492 e. The second-order valence-corrected chi connectivity index (χ2v) is 5.02. The number of rotatable bonds is 5. The second kappa shape index (κ2) is 7.52. The molecule has 21 heavy (non-hydrogen) atoms. The number of hydrogen-bond acceptors (Lipinski definition) is 3. The molecule has 0 saturated carbocycles. The van der Waals surface area contributed by atoms with E-state index in [0.29, 0.717) is 26.1 Å². The topological polar surface area (TPSA) is 78.9 Å². The van der Waals surface area contributed by atoms with Crippen molar-refractivity contribution in [1.82, 2.24) is 10.2 Å². The predicted octanol–water partition coefficient (Wildman–Crippen LogP) is 1.57.